The summed E-state index contributed by atoms with van der Waals surface area (Å²) in [5, 5.41) is 8.87. The highest BCUT2D eigenvalue weighted by Crippen LogP contribution is 2.28. The van der Waals surface area contributed by atoms with Crippen molar-refractivity contribution in [3.63, 3.8) is 0 Å². The lowest BCUT2D eigenvalue weighted by atomic mass is 10.2. The normalized spacial score (nSPS) is 10.1. The number of rotatable bonds is 2. The molecule has 0 aliphatic rings. The first kappa shape index (κ1) is 10.9. The fourth-order valence-electron chi connectivity index (χ4n) is 1.09. The van der Waals surface area contributed by atoms with Crippen LogP contribution in [0.5, 0.6) is 0 Å². The topological polar surface area (TPSA) is 72.1 Å². The summed E-state index contributed by atoms with van der Waals surface area (Å²) in [6.07, 6.45) is 0. The highest BCUT2D eigenvalue weighted by Gasteiger charge is 2.14. The van der Waals surface area contributed by atoms with Gasteiger partial charge in [-0.05, 0) is 0 Å². The van der Waals surface area contributed by atoms with Crippen molar-refractivity contribution in [2.24, 2.45) is 5.73 Å². The number of primary amides is 1. The molecule has 0 aliphatic carbocycles. The van der Waals surface area contributed by atoms with Gasteiger partial charge in [0.25, 0.3) is 0 Å². The van der Waals surface area contributed by atoms with Crippen molar-refractivity contribution in [1.29, 1.82) is 0 Å². The van der Waals surface area contributed by atoms with Gasteiger partial charge in [-0.1, -0.05) is 54.5 Å². The summed E-state index contributed by atoms with van der Waals surface area (Å²) in [5.41, 5.74) is 6.01. The molecule has 82 valence electrons. The number of aromatic nitrogens is 2. The minimum absolute atomic E-state index is 0.356. The first-order chi connectivity index (χ1) is 7.68. The molecule has 0 fully saturated rings. The van der Waals surface area contributed by atoms with E-state index in [1.54, 1.807) is 0 Å². The molecule has 0 atom stereocenters. The number of carbonyl (C=O) groups is 1. The molecule has 1 aromatic heterocycles. The van der Waals surface area contributed by atoms with Gasteiger partial charge in [-0.15, -0.1) is 10.2 Å². The van der Waals surface area contributed by atoms with Crippen LogP contribution in [0.2, 0.25) is 0 Å². The lowest BCUT2D eigenvalue weighted by Crippen LogP contribution is -2.27. The number of hydrogen-bond donors (Lipinski definition) is 2. The number of hydrogen-bond acceptors (Lipinski definition) is 5. The van der Waals surface area contributed by atoms with Gasteiger partial charge in [0.05, 0.1) is 0 Å². The van der Waals surface area contributed by atoms with Crippen molar-refractivity contribution in [3.05, 3.63) is 30.3 Å². The minimum Gasteiger partial charge on any atom is -0.350 e. The SMILES string of the molecule is NC(=O)N(S)c1nnc(-c2ccccc2)s1. The van der Waals surface area contributed by atoms with Gasteiger partial charge >= 0.3 is 6.03 Å². The maximum Gasteiger partial charge on any atom is 0.331 e. The summed E-state index contributed by atoms with van der Waals surface area (Å²) in [5.74, 6) is 0. The van der Waals surface area contributed by atoms with Crippen molar-refractivity contribution in [3.8, 4) is 10.6 Å². The first-order valence-corrected chi connectivity index (χ1v) is 5.57. The first-order valence-electron chi connectivity index (χ1n) is 4.36. The summed E-state index contributed by atoms with van der Waals surface area (Å²) in [6, 6.07) is 8.87. The number of urea groups is 1. The lowest BCUT2D eigenvalue weighted by molar-refractivity contribution is 0.257. The van der Waals surface area contributed by atoms with Gasteiger partial charge in [0.15, 0.2) is 0 Å². The average Bonchev–Trinajstić information content (AvgIpc) is 2.78. The van der Waals surface area contributed by atoms with Crippen LogP contribution < -0.4 is 10.0 Å². The molecule has 16 heavy (non-hydrogen) atoms. The van der Waals surface area contributed by atoms with E-state index >= 15 is 0 Å². The highest BCUT2D eigenvalue weighted by atomic mass is 32.1. The molecule has 0 bridgehead atoms. The summed E-state index contributed by atoms with van der Waals surface area (Å²) >= 11 is 5.16. The molecule has 0 saturated carbocycles. The Balaban J connectivity index is 2.30. The highest BCUT2D eigenvalue weighted by molar-refractivity contribution is 7.83. The Morgan fingerprint density at radius 3 is 2.62 bits per heavy atom. The molecule has 0 aliphatic heterocycles. The van der Waals surface area contributed by atoms with Crippen LogP contribution in [0, 0.1) is 0 Å². The summed E-state index contributed by atoms with van der Waals surface area (Å²) in [7, 11) is 0. The van der Waals surface area contributed by atoms with Gasteiger partial charge in [-0.25, -0.2) is 9.10 Å². The molecule has 2 N–H and O–H groups in total. The molecule has 2 amide bonds. The number of thiol groups is 1. The Bertz CT molecular complexity index is 499. The zero-order valence-corrected chi connectivity index (χ0v) is 9.78. The molecule has 2 aromatic rings. The number of amides is 2. The monoisotopic (exact) mass is 252 g/mol. The van der Waals surface area contributed by atoms with Crippen molar-refractivity contribution in [2.75, 3.05) is 4.31 Å². The second-order valence-electron chi connectivity index (χ2n) is 2.91. The van der Waals surface area contributed by atoms with E-state index in [2.05, 4.69) is 23.0 Å². The van der Waals surface area contributed by atoms with E-state index < -0.39 is 6.03 Å². The van der Waals surface area contributed by atoms with E-state index in [-0.39, 0.29) is 0 Å². The van der Waals surface area contributed by atoms with Gasteiger partial charge in [0.2, 0.25) is 5.13 Å². The van der Waals surface area contributed by atoms with Crippen LogP contribution in [0.15, 0.2) is 30.3 Å². The van der Waals surface area contributed by atoms with Gasteiger partial charge in [0, 0.05) is 5.56 Å². The quantitative estimate of drug-likeness (QED) is 0.802. The predicted molar refractivity (Wildman–Crippen MR) is 66.4 cm³/mol. The smallest absolute Gasteiger partial charge is 0.331 e. The van der Waals surface area contributed by atoms with Crippen LogP contribution >= 0.6 is 24.2 Å². The van der Waals surface area contributed by atoms with Gasteiger partial charge < -0.3 is 5.73 Å². The second-order valence-corrected chi connectivity index (χ2v) is 4.26. The molecular formula is C9H8N4OS2. The van der Waals surface area contributed by atoms with Crippen LogP contribution in [0.25, 0.3) is 10.6 Å². The lowest BCUT2D eigenvalue weighted by Gasteiger charge is -2.05. The molecule has 5 nitrogen and oxygen atoms in total. The zero-order chi connectivity index (χ0) is 11.5. The van der Waals surface area contributed by atoms with E-state index in [1.165, 1.54) is 11.3 Å². The third-order valence-electron chi connectivity index (χ3n) is 1.83. The average molecular weight is 252 g/mol. The minimum atomic E-state index is -0.681. The molecule has 2 rings (SSSR count). The van der Waals surface area contributed by atoms with E-state index in [4.69, 9.17) is 5.73 Å². The third kappa shape index (κ3) is 2.15. The molecule has 1 aromatic carbocycles. The fraction of sp³-hybridized carbons (Fsp3) is 0. The second kappa shape index (κ2) is 4.50. The Morgan fingerprint density at radius 2 is 2.00 bits per heavy atom. The Morgan fingerprint density at radius 1 is 1.31 bits per heavy atom. The number of nitrogens with two attached hydrogens (primary N) is 1. The number of anilines is 1. The van der Waals surface area contributed by atoms with Gasteiger partial charge in [-0.3, -0.25) is 0 Å². The van der Waals surface area contributed by atoms with Crippen molar-refractivity contribution >= 4 is 35.3 Å². The molecule has 0 saturated heterocycles. The van der Waals surface area contributed by atoms with Crippen LogP contribution in [0.4, 0.5) is 9.93 Å². The Kier molecular flexibility index (Phi) is 3.07. The molecule has 0 spiro atoms. The predicted octanol–water partition coefficient (Wildman–Crippen LogP) is 1.93. The van der Waals surface area contributed by atoms with Crippen LogP contribution in [0.1, 0.15) is 0 Å². The zero-order valence-electron chi connectivity index (χ0n) is 8.07. The summed E-state index contributed by atoms with van der Waals surface area (Å²) < 4.78 is 0.962. The Labute approximate surface area is 101 Å². The maximum absolute atomic E-state index is 10.9. The summed E-state index contributed by atoms with van der Waals surface area (Å²) in [4.78, 5) is 10.9. The van der Waals surface area contributed by atoms with Gasteiger partial charge in [0.1, 0.15) is 5.01 Å². The molecular weight excluding hydrogens is 244 g/mol. The largest absolute Gasteiger partial charge is 0.350 e. The molecule has 0 unspecified atom stereocenters. The third-order valence-corrected chi connectivity index (χ3v) is 3.30. The number of carbonyl (C=O) groups excluding carboxylic acids is 1. The fourth-order valence-corrected chi connectivity index (χ4v) is 2.02. The van der Waals surface area contributed by atoms with Crippen LogP contribution in [-0.2, 0) is 0 Å². The maximum atomic E-state index is 10.9. The van der Waals surface area contributed by atoms with Crippen molar-refractivity contribution in [1.82, 2.24) is 10.2 Å². The van der Waals surface area contributed by atoms with Crippen molar-refractivity contribution in [2.45, 2.75) is 0 Å². The van der Waals surface area contributed by atoms with Crippen LogP contribution in [0.3, 0.4) is 0 Å². The Hall–Kier alpha value is -1.60. The van der Waals surface area contributed by atoms with E-state index in [0.717, 1.165) is 14.9 Å². The summed E-state index contributed by atoms with van der Waals surface area (Å²) in [6.45, 7) is 0. The van der Waals surface area contributed by atoms with E-state index in [9.17, 15) is 4.79 Å². The molecule has 7 heteroatoms. The van der Waals surface area contributed by atoms with Crippen molar-refractivity contribution < 1.29 is 4.79 Å². The van der Waals surface area contributed by atoms with Gasteiger partial charge in [-0.2, -0.15) is 0 Å². The number of nitrogens with zero attached hydrogens (tertiary/aromatic N) is 3. The molecule has 0 radical (unpaired) electrons. The van der Waals surface area contributed by atoms with Crippen LogP contribution in [-0.4, -0.2) is 16.2 Å². The number of benzene rings is 1. The standard InChI is InChI=1S/C9H8N4OS2/c10-8(14)13(15)9-12-11-7(16-9)6-4-2-1-3-5-6/h1-5,15H,(H2,10,14). The molecule has 1 heterocycles. The van der Waals surface area contributed by atoms with E-state index in [0.29, 0.717) is 5.13 Å². The van der Waals surface area contributed by atoms with E-state index in [1.807, 2.05) is 30.3 Å².